The van der Waals surface area contributed by atoms with Crippen LogP contribution in [0.2, 0.25) is 0 Å². The zero-order valence-corrected chi connectivity index (χ0v) is 9.15. The Hall–Kier alpha value is -1.62. The highest BCUT2D eigenvalue weighted by Crippen LogP contribution is 2.17. The van der Waals surface area contributed by atoms with Crippen molar-refractivity contribution in [3.63, 3.8) is 0 Å². The van der Waals surface area contributed by atoms with Gasteiger partial charge in [0, 0.05) is 16.9 Å². The lowest BCUT2D eigenvalue weighted by Crippen LogP contribution is -2.10. The number of fused-ring (bicyclic) bond motifs is 3. The third-order valence-electron chi connectivity index (χ3n) is 2.31. The van der Waals surface area contributed by atoms with Crippen LogP contribution in [0.15, 0.2) is 39.9 Å². The summed E-state index contributed by atoms with van der Waals surface area (Å²) in [6.45, 7) is 0. The molecule has 5 heteroatoms. The van der Waals surface area contributed by atoms with Gasteiger partial charge in [0.1, 0.15) is 0 Å². The molecule has 74 valence electrons. The Bertz CT molecular complexity index is 713. The third kappa shape index (κ3) is 1.20. The molecule has 0 aliphatic rings. The van der Waals surface area contributed by atoms with E-state index in [4.69, 9.17) is 0 Å². The van der Waals surface area contributed by atoms with Crippen molar-refractivity contribution in [2.75, 3.05) is 0 Å². The van der Waals surface area contributed by atoms with Crippen LogP contribution in [0.25, 0.3) is 16.7 Å². The van der Waals surface area contributed by atoms with Crippen LogP contribution in [-0.4, -0.2) is 14.4 Å². The number of aromatic nitrogens is 3. The van der Waals surface area contributed by atoms with E-state index in [2.05, 4.69) is 25.9 Å². The average molecular weight is 264 g/mol. The second-order valence-electron chi connectivity index (χ2n) is 3.24. The molecule has 0 saturated heterocycles. The van der Waals surface area contributed by atoms with E-state index in [1.54, 1.807) is 16.8 Å². The lowest BCUT2D eigenvalue weighted by molar-refractivity contribution is 1.17. The molecular weight excluding hydrogens is 258 g/mol. The molecule has 2 heterocycles. The molecule has 0 radical (unpaired) electrons. The van der Waals surface area contributed by atoms with Crippen molar-refractivity contribution < 1.29 is 0 Å². The maximum Gasteiger partial charge on any atom is 0.292 e. The van der Waals surface area contributed by atoms with E-state index in [-0.39, 0.29) is 5.56 Å². The predicted octanol–water partition coefficient (Wildman–Crippen LogP) is 1.94. The monoisotopic (exact) mass is 263 g/mol. The van der Waals surface area contributed by atoms with Crippen molar-refractivity contribution in [1.29, 1.82) is 0 Å². The van der Waals surface area contributed by atoms with Crippen LogP contribution in [-0.2, 0) is 0 Å². The molecule has 0 spiro atoms. The van der Waals surface area contributed by atoms with Gasteiger partial charge in [-0.3, -0.25) is 9.20 Å². The number of halogens is 1. The van der Waals surface area contributed by atoms with Gasteiger partial charge in [-0.15, -0.1) is 0 Å². The summed E-state index contributed by atoms with van der Waals surface area (Å²) >= 11 is 3.36. The van der Waals surface area contributed by atoms with Crippen molar-refractivity contribution in [1.82, 2.24) is 14.4 Å². The Morgan fingerprint density at radius 1 is 1.40 bits per heavy atom. The fourth-order valence-electron chi connectivity index (χ4n) is 1.66. The number of nitrogens with one attached hydrogen (secondary N) is 1. The molecule has 0 aliphatic heterocycles. The van der Waals surface area contributed by atoms with Gasteiger partial charge in [-0.2, -0.15) is 0 Å². The Morgan fingerprint density at radius 3 is 3.13 bits per heavy atom. The molecule has 0 amide bonds. The highest BCUT2D eigenvalue weighted by Gasteiger charge is 2.04. The van der Waals surface area contributed by atoms with Crippen LogP contribution in [0.1, 0.15) is 0 Å². The zero-order chi connectivity index (χ0) is 10.4. The van der Waals surface area contributed by atoms with E-state index in [9.17, 15) is 4.79 Å². The standard InChI is InChI=1S/C10H6BrN3O/c11-6-1-2-8-7(5-6)13-10(15)9-12-3-4-14(8)9/h1-5H,(H,13,15). The number of rotatable bonds is 0. The van der Waals surface area contributed by atoms with Gasteiger partial charge in [-0.25, -0.2) is 4.98 Å². The number of nitrogens with zero attached hydrogens (tertiary/aromatic N) is 2. The van der Waals surface area contributed by atoms with E-state index in [0.29, 0.717) is 5.65 Å². The maximum absolute atomic E-state index is 11.6. The molecular formula is C10H6BrN3O. The molecule has 3 rings (SSSR count). The fourth-order valence-corrected chi connectivity index (χ4v) is 2.02. The van der Waals surface area contributed by atoms with Gasteiger partial charge in [0.15, 0.2) is 0 Å². The zero-order valence-electron chi connectivity index (χ0n) is 7.57. The number of aromatic amines is 1. The lowest BCUT2D eigenvalue weighted by atomic mass is 10.3. The molecule has 3 aromatic rings. The normalized spacial score (nSPS) is 11.3. The van der Waals surface area contributed by atoms with Crippen LogP contribution in [0.5, 0.6) is 0 Å². The van der Waals surface area contributed by atoms with Gasteiger partial charge >= 0.3 is 0 Å². The molecule has 4 nitrogen and oxygen atoms in total. The minimum atomic E-state index is -0.175. The fraction of sp³-hybridized carbons (Fsp3) is 0. The van der Waals surface area contributed by atoms with Gasteiger partial charge < -0.3 is 4.98 Å². The van der Waals surface area contributed by atoms with Crippen LogP contribution in [0.3, 0.4) is 0 Å². The highest BCUT2D eigenvalue weighted by atomic mass is 79.9. The number of benzene rings is 1. The summed E-state index contributed by atoms with van der Waals surface area (Å²) in [6, 6.07) is 5.74. The first-order valence-corrected chi connectivity index (χ1v) is 5.19. The average Bonchev–Trinajstić information content (AvgIpc) is 2.66. The van der Waals surface area contributed by atoms with E-state index in [0.717, 1.165) is 15.5 Å². The molecule has 1 aromatic carbocycles. The van der Waals surface area contributed by atoms with Crippen LogP contribution < -0.4 is 5.56 Å². The lowest BCUT2D eigenvalue weighted by Gasteiger charge is -2.01. The number of hydrogen-bond acceptors (Lipinski definition) is 2. The molecule has 2 aromatic heterocycles. The minimum absolute atomic E-state index is 0.175. The minimum Gasteiger partial charge on any atom is -0.317 e. The molecule has 0 bridgehead atoms. The summed E-state index contributed by atoms with van der Waals surface area (Å²) < 4.78 is 2.71. The number of hydrogen-bond donors (Lipinski definition) is 1. The first-order chi connectivity index (χ1) is 7.25. The quantitative estimate of drug-likeness (QED) is 0.674. The Kier molecular flexibility index (Phi) is 1.70. The van der Waals surface area contributed by atoms with Crippen molar-refractivity contribution in [3.8, 4) is 0 Å². The molecule has 0 atom stereocenters. The summed E-state index contributed by atoms with van der Waals surface area (Å²) in [5, 5.41) is 0. The summed E-state index contributed by atoms with van der Waals surface area (Å²) in [7, 11) is 0. The SMILES string of the molecule is O=c1[nH]c2cc(Br)ccc2n2ccnc12. The first kappa shape index (κ1) is 8.67. The summed E-state index contributed by atoms with van der Waals surface area (Å²) in [5.74, 6) is 0. The van der Waals surface area contributed by atoms with E-state index in [1.807, 2.05) is 18.2 Å². The maximum atomic E-state index is 11.6. The van der Waals surface area contributed by atoms with Gasteiger partial charge in [0.2, 0.25) is 5.65 Å². The number of H-pyrrole nitrogens is 1. The Labute approximate surface area is 92.7 Å². The van der Waals surface area contributed by atoms with Crippen LogP contribution in [0, 0.1) is 0 Å². The Balaban J connectivity index is 2.66. The van der Waals surface area contributed by atoms with Crippen molar-refractivity contribution >= 4 is 32.6 Å². The highest BCUT2D eigenvalue weighted by molar-refractivity contribution is 9.10. The van der Waals surface area contributed by atoms with E-state index >= 15 is 0 Å². The predicted molar refractivity (Wildman–Crippen MR) is 61.0 cm³/mol. The third-order valence-corrected chi connectivity index (χ3v) is 2.80. The smallest absolute Gasteiger partial charge is 0.292 e. The first-order valence-electron chi connectivity index (χ1n) is 4.40. The molecule has 1 N–H and O–H groups in total. The van der Waals surface area contributed by atoms with Gasteiger partial charge in [0.25, 0.3) is 5.56 Å². The second kappa shape index (κ2) is 2.93. The van der Waals surface area contributed by atoms with Crippen molar-refractivity contribution in [2.24, 2.45) is 0 Å². The summed E-state index contributed by atoms with van der Waals surface area (Å²) in [4.78, 5) is 18.4. The Morgan fingerprint density at radius 2 is 2.27 bits per heavy atom. The molecule has 0 fully saturated rings. The van der Waals surface area contributed by atoms with Crippen molar-refractivity contribution in [3.05, 3.63) is 45.4 Å². The van der Waals surface area contributed by atoms with Crippen LogP contribution in [0.4, 0.5) is 0 Å². The topological polar surface area (TPSA) is 50.2 Å². The molecule has 0 saturated carbocycles. The molecule has 15 heavy (non-hydrogen) atoms. The van der Waals surface area contributed by atoms with Gasteiger partial charge in [-0.05, 0) is 18.2 Å². The van der Waals surface area contributed by atoms with Crippen molar-refractivity contribution in [2.45, 2.75) is 0 Å². The largest absolute Gasteiger partial charge is 0.317 e. The summed E-state index contributed by atoms with van der Waals surface area (Å²) in [6.07, 6.45) is 3.40. The van der Waals surface area contributed by atoms with E-state index < -0.39 is 0 Å². The second-order valence-corrected chi connectivity index (χ2v) is 4.15. The molecule has 0 unspecified atom stereocenters. The van der Waals surface area contributed by atoms with E-state index in [1.165, 1.54) is 0 Å². The summed E-state index contributed by atoms with van der Waals surface area (Å²) in [5.41, 5.74) is 1.97. The van der Waals surface area contributed by atoms with Gasteiger partial charge in [-0.1, -0.05) is 15.9 Å². The van der Waals surface area contributed by atoms with Crippen LogP contribution >= 0.6 is 15.9 Å². The van der Waals surface area contributed by atoms with Gasteiger partial charge in [0.05, 0.1) is 11.0 Å². The number of imidazole rings is 1. The molecule has 0 aliphatic carbocycles.